The number of carbonyl (C=O) groups is 1. The summed E-state index contributed by atoms with van der Waals surface area (Å²) in [6.45, 7) is 8.62. The molecule has 0 saturated carbocycles. The Morgan fingerprint density at radius 1 is 1.16 bits per heavy atom. The van der Waals surface area contributed by atoms with Gasteiger partial charge in [0.1, 0.15) is 12.1 Å². The number of hydrogen-bond acceptors (Lipinski definition) is 1. The lowest BCUT2D eigenvalue weighted by Gasteiger charge is -2.43. The van der Waals surface area contributed by atoms with E-state index in [1.54, 1.807) is 12.1 Å². The van der Waals surface area contributed by atoms with Crippen LogP contribution >= 0.6 is 0 Å². The first-order valence-corrected chi connectivity index (χ1v) is 6.69. The average molecular weight is 260 g/mol. The van der Waals surface area contributed by atoms with E-state index in [2.05, 4.69) is 33.8 Å². The van der Waals surface area contributed by atoms with Gasteiger partial charge in [0.2, 0.25) is 0 Å². The zero-order valence-corrected chi connectivity index (χ0v) is 12.0. The predicted molar refractivity (Wildman–Crippen MR) is 76.1 cm³/mol. The van der Waals surface area contributed by atoms with Gasteiger partial charge in [0.15, 0.2) is 0 Å². The minimum Gasteiger partial charge on any atom is -0.303 e. The highest BCUT2D eigenvalue weighted by atomic mass is 19.1. The SMILES string of the molecule is CC1(C)C=C(c2ccc(F)cc2)C(C=O)C(C)(C)C1. The van der Waals surface area contributed by atoms with Crippen LogP contribution in [0.2, 0.25) is 0 Å². The number of rotatable bonds is 2. The lowest BCUT2D eigenvalue weighted by Crippen LogP contribution is -2.36. The summed E-state index contributed by atoms with van der Waals surface area (Å²) in [5.41, 5.74) is 1.94. The fraction of sp³-hybridized carbons (Fsp3) is 0.471. The van der Waals surface area contributed by atoms with Crippen molar-refractivity contribution < 1.29 is 9.18 Å². The van der Waals surface area contributed by atoms with Gasteiger partial charge in [-0.2, -0.15) is 0 Å². The summed E-state index contributed by atoms with van der Waals surface area (Å²) in [6.07, 6.45) is 4.17. The first kappa shape index (κ1) is 14.0. The van der Waals surface area contributed by atoms with Crippen LogP contribution in [0.25, 0.3) is 5.57 Å². The maximum atomic E-state index is 13.0. The van der Waals surface area contributed by atoms with Crippen molar-refractivity contribution in [3.8, 4) is 0 Å². The monoisotopic (exact) mass is 260 g/mol. The van der Waals surface area contributed by atoms with E-state index in [4.69, 9.17) is 0 Å². The van der Waals surface area contributed by atoms with Crippen molar-refractivity contribution in [2.24, 2.45) is 16.7 Å². The highest BCUT2D eigenvalue weighted by molar-refractivity contribution is 5.82. The number of halogens is 1. The fourth-order valence-electron chi connectivity index (χ4n) is 3.43. The molecule has 0 spiro atoms. The summed E-state index contributed by atoms with van der Waals surface area (Å²) < 4.78 is 13.0. The third-order valence-electron chi connectivity index (χ3n) is 3.95. The van der Waals surface area contributed by atoms with Crippen molar-refractivity contribution in [3.05, 3.63) is 41.7 Å². The Hall–Kier alpha value is -1.44. The molecular formula is C17H21FO. The minimum atomic E-state index is -0.249. The Morgan fingerprint density at radius 3 is 2.26 bits per heavy atom. The lowest BCUT2D eigenvalue weighted by atomic mass is 9.60. The fourth-order valence-corrected chi connectivity index (χ4v) is 3.43. The molecule has 2 heteroatoms. The molecule has 1 unspecified atom stereocenters. The molecule has 0 heterocycles. The topological polar surface area (TPSA) is 17.1 Å². The van der Waals surface area contributed by atoms with Gasteiger partial charge in [0, 0.05) is 5.92 Å². The Labute approximate surface area is 114 Å². The van der Waals surface area contributed by atoms with E-state index in [0.29, 0.717) is 0 Å². The number of allylic oxidation sites excluding steroid dienone is 2. The number of carbonyl (C=O) groups excluding carboxylic acids is 1. The second-order valence-electron chi connectivity index (χ2n) is 6.87. The van der Waals surface area contributed by atoms with Crippen LogP contribution in [-0.2, 0) is 4.79 Å². The lowest BCUT2D eigenvalue weighted by molar-refractivity contribution is -0.112. The molecule has 1 nitrogen and oxygen atoms in total. The van der Waals surface area contributed by atoms with E-state index < -0.39 is 0 Å². The number of aldehydes is 1. The zero-order chi connectivity index (χ0) is 14.3. The molecule has 0 fully saturated rings. The number of benzene rings is 1. The molecule has 0 amide bonds. The Balaban J connectivity index is 2.53. The molecular weight excluding hydrogens is 239 g/mol. The maximum Gasteiger partial charge on any atom is 0.127 e. The van der Waals surface area contributed by atoms with Gasteiger partial charge in [-0.25, -0.2) is 4.39 Å². The highest BCUT2D eigenvalue weighted by Gasteiger charge is 2.41. The molecule has 0 N–H and O–H groups in total. The Bertz CT molecular complexity index is 509. The molecule has 2 rings (SSSR count). The van der Waals surface area contributed by atoms with Crippen LogP contribution < -0.4 is 0 Å². The first-order valence-electron chi connectivity index (χ1n) is 6.69. The van der Waals surface area contributed by atoms with Crippen molar-refractivity contribution in [1.29, 1.82) is 0 Å². The van der Waals surface area contributed by atoms with Gasteiger partial charge in [-0.3, -0.25) is 0 Å². The van der Waals surface area contributed by atoms with Gasteiger partial charge in [-0.05, 0) is 40.5 Å². The van der Waals surface area contributed by atoms with Crippen LogP contribution in [0.5, 0.6) is 0 Å². The summed E-state index contributed by atoms with van der Waals surface area (Å²) in [5, 5.41) is 0. The van der Waals surface area contributed by atoms with E-state index in [1.807, 2.05) is 0 Å². The van der Waals surface area contributed by atoms with Crippen LogP contribution in [-0.4, -0.2) is 6.29 Å². The predicted octanol–water partition coefficient (Wildman–Crippen LogP) is 4.48. The van der Waals surface area contributed by atoms with Crippen molar-refractivity contribution in [2.75, 3.05) is 0 Å². The normalized spacial score (nSPS) is 24.7. The molecule has 0 aliphatic heterocycles. The van der Waals surface area contributed by atoms with Gasteiger partial charge in [-0.1, -0.05) is 45.9 Å². The van der Waals surface area contributed by atoms with Gasteiger partial charge in [0.05, 0.1) is 0 Å². The molecule has 1 atom stereocenters. The standard InChI is InChI=1S/C17H21FO/c1-16(2)9-14(12-5-7-13(18)8-6-12)15(10-19)17(3,4)11-16/h5-10,15H,11H2,1-4H3. The Kier molecular flexibility index (Phi) is 3.38. The summed E-state index contributed by atoms with van der Waals surface area (Å²) in [5.74, 6) is -0.382. The average Bonchev–Trinajstić information content (AvgIpc) is 2.26. The van der Waals surface area contributed by atoms with Crippen molar-refractivity contribution >= 4 is 11.9 Å². The van der Waals surface area contributed by atoms with Gasteiger partial charge in [-0.15, -0.1) is 0 Å². The summed E-state index contributed by atoms with van der Waals surface area (Å²) >= 11 is 0. The third kappa shape index (κ3) is 2.78. The smallest absolute Gasteiger partial charge is 0.127 e. The van der Waals surface area contributed by atoms with E-state index in [0.717, 1.165) is 23.8 Å². The molecule has 0 saturated heterocycles. The van der Waals surface area contributed by atoms with Crippen LogP contribution in [0, 0.1) is 22.6 Å². The Morgan fingerprint density at radius 2 is 1.74 bits per heavy atom. The highest BCUT2D eigenvalue weighted by Crippen LogP contribution is 2.50. The maximum absolute atomic E-state index is 13.0. The molecule has 1 aromatic rings. The van der Waals surface area contributed by atoms with Crippen LogP contribution in [0.4, 0.5) is 4.39 Å². The van der Waals surface area contributed by atoms with Gasteiger partial charge < -0.3 is 4.79 Å². The largest absolute Gasteiger partial charge is 0.303 e. The zero-order valence-electron chi connectivity index (χ0n) is 12.0. The molecule has 1 aliphatic rings. The van der Waals surface area contributed by atoms with Gasteiger partial charge >= 0.3 is 0 Å². The summed E-state index contributed by atoms with van der Waals surface area (Å²) in [4.78, 5) is 11.5. The quantitative estimate of drug-likeness (QED) is 0.716. The van der Waals surface area contributed by atoms with Crippen LogP contribution in [0.1, 0.15) is 39.7 Å². The van der Waals surface area contributed by atoms with E-state index in [9.17, 15) is 9.18 Å². The molecule has 1 aliphatic carbocycles. The second-order valence-corrected chi connectivity index (χ2v) is 6.87. The molecule has 19 heavy (non-hydrogen) atoms. The third-order valence-corrected chi connectivity index (χ3v) is 3.95. The van der Waals surface area contributed by atoms with Crippen LogP contribution in [0.15, 0.2) is 30.3 Å². The van der Waals surface area contributed by atoms with Crippen molar-refractivity contribution in [3.63, 3.8) is 0 Å². The van der Waals surface area contributed by atoms with E-state index in [1.165, 1.54) is 12.1 Å². The molecule has 0 aromatic heterocycles. The number of hydrogen-bond donors (Lipinski definition) is 0. The molecule has 1 aromatic carbocycles. The van der Waals surface area contributed by atoms with Crippen LogP contribution in [0.3, 0.4) is 0 Å². The molecule has 102 valence electrons. The molecule has 0 radical (unpaired) electrons. The van der Waals surface area contributed by atoms with Crippen molar-refractivity contribution in [1.82, 2.24) is 0 Å². The minimum absolute atomic E-state index is 0.0483. The summed E-state index contributed by atoms with van der Waals surface area (Å²) in [6, 6.07) is 6.42. The summed E-state index contributed by atoms with van der Waals surface area (Å²) in [7, 11) is 0. The first-order chi connectivity index (χ1) is 8.75. The second kappa shape index (κ2) is 4.59. The van der Waals surface area contributed by atoms with Crippen molar-refractivity contribution in [2.45, 2.75) is 34.1 Å². The molecule has 0 bridgehead atoms. The van der Waals surface area contributed by atoms with E-state index >= 15 is 0 Å². The van der Waals surface area contributed by atoms with Gasteiger partial charge in [0.25, 0.3) is 0 Å². The van der Waals surface area contributed by atoms with E-state index in [-0.39, 0.29) is 22.6 Å².